The van der Waals surface area contributed by atoms with Gasteiger partial charge in [0.05, 0.1) is 0 Å². The molecule has 0 aliphatic carbocycles. The molecule has 3 aromatic rings. The summed E-state index contributed by atoms with van der Waals surface area (Å²) in [5.41, 5.74) is 3.01. The van der Waals surface area contributed by atoms with Crippen LogP contribution in [0.4, 0.5) is 0 Å². The standard InChI is InChI=1S/C30H35ClN2O3/c1-4-22(3)32-30(35)28(19-24-10-7-6-8-11-24)33(20-25-12-9-13-26(31)18-25)29(34)21-36-27-16-14-23(5-2)15-17-27/h6-18,22,28H,4-5,19-21H2,1-3H3,(H,32,35)/t22-,28+/m1/s1. The fourth-order valence-electron chi connectivity index (χ4n) is 3.88. The number of nitrogens with one attached hydrogen (secondary N) is 1. The summed E-state index contributed by atoms with van der Waals surface area (Å²) in [6, 6.07) is 24.1. The van der Waals surface area contributed by atoms with Crippen LogP contribution in [0.15, 0.2) is 78.9 Å². The molecule has 5 nitrogen and oxygen atoms in total. The summed E-state index contributed by atoms with van der Waals surface area (Å²) in [7, 11) is 0. The molecule has 0 bridgehead atoms. The Kier molecular flexibility index (Phi) is 10.4. The molecule has 0 unspecified atom stereocenters. The second-order valence-corrected chi connectivity index (χ2v) is 9.40. The molecule has 0 aliphatic rings. The van der Waals surface area contributed by atoms with Crippen LogP contribution in [0.1, 0.15) is 43.9 Å². The number of nitrogens with zero attached hydrogens (tertiary/aromatic N) is 1. The van der Waals surface area contributed by atoms with E-state index in [0.717, 1.165) is 24.0 Å². The summed E-state index contributed by atoms with van der Waals surface area (Å²) in [5, 5.41) is 3.65. The van der Waals surface area contributed by atoms with Gasteiger partial charge in [0, 0.05) is 24.0 Å². The van der Waals surface area contributed by atoms with Crippen molar-refractivity contribution in [1.82, 2.24) is 10.2 Å². The summed E-state index contributed by atoms with van der Waals surface area (Å²) in [6.07, 6.45) is 2.11. The third kappa shape index (κ3) is 8.13. The zero-order valence-electron chi connectivity index (χ0n) is 21.2. The van der Waals surface area contributed by atoms with Crippen molar-refractivity contribution < 1.29 is 14.3 Å². The van der Waals surface area contributed by atoms with Gasteiger partial charge in [-0.1, -0.05) is 80.0 Å². The number of carbonyl (C=O) groups is 2. The van der Waals surface area contributed by atoms with Gasteiger partial charge in [-0.2, -0.15) is 0 Å². The van der Waals surface area contributed by atoms with E-state index < -0.39 is 6.04 Å². The molecule has 0 fully saturated rings. The van der Waals surface area contributed by atoms with Crippen molar-refractivity contribution in [2.45, 2.75) is 58.7 Å². The van der Waals surface area contributed by atoms with Gasteiger partial charge in [0.1, 0.15) is 11.8 Å². The molecular weight excluding hydrogens is 472 g/mol. The first-order valence-corrected chi connectivity index (χ1v) is 12.9. The SMILES string of the molecule is CCc1ccc(OCC(=O)N(Cc2cccc(Cl)c2)[C@@H](Cc2ccccc2)C(=O)N[C@H](C)CC)cc1. The molecule has 0 saturated carbocycles. The highest BCUT2D eigenvalue weighted by Crippen LogP contribution is 2.19. The van der Waals surface area contributed by atoms with Crippen LogP contribution in [0.5, 0.6) is 5.75 Å². The van der Waals surface area contributed by atoms with Gasteiger partial charge < -0.3 is 15.0 Å². The average molecular weight is 507 g/mol. The number of amides is 2. The smallest absolute Gasteiger partial charge is 0.261 e. The topological polar surface area (TPSA) is 58.6 Å². The Labute approximate surface area is 219 Å². The lowest BCUT2D eigenvalue weighted by Crippen LogP contribution is -2.53. The van der Waals surface area contributed by atoms with Crippen molar-refractivity contribution in [3.05, 3.63) is 101 Å². The van der Waals surface area contributed by atoms with Crippen LogP contribution in [0.3, 0.4) is 0 Å². The molecule has 2 atom stereocenters. The van der Waals surface area contributed by atoms with Gasteiger partial charge >= 0.3 is 0 Å². The van der Waals surface area contributed by atoms with Crippen molar-refractivity contribution in [3.8, 4) is 5.75 Å². The van der Waals surface area contributed by atoms with E-state index in [1.807, 2.05) is 86.6 Å². The van der Waals surface area contributed by atoms with Gasteiger partial charge in [-0.3, -0.25) is 9.59 Å². The van der Waals surface area contributed by atoms with Crippen LogP contribution in [0, 0.1) is 0 Å². The molecule has 3 aromatic carbocycles. The van der Waals surface area contributed by atoms with E-state index in [1.165, 1.54) is 5.56 Å². The number of aryl methyl sites for hydroxylation is 1. The van der Waals surface area contributed by atoms with E-state index in [-0.39, 0.29) is 31.0 Å². The molecular formula is C30H35ClN2O3. The predicted octanol–water partition coefficient (Wildman–Crippen LogP) is 5.84. The number of halogens is 1. The highest BCUT2D eigenvalue weighted by Gasteiger charge is 2.31. The Bertz CT molecular complexity index is 1120. The summed E-state index contributed by atoms with van der Waals surface area (Å²) in [5.74, 6) is 0.164. The Hall–Kier alpha value is -3.31. The molecule has 0 saturated heterocycles. The fourth-order valence-corrected chi connectivity index (χ4v) is 4.09. The van der Waals surface area contributed by atoms with Crippen molar-refractivity contribution >= 4 is 23.4 Å². The second kappa shape index (κ2) is 13.7. The molecule has 0 aliphatic heterocycles. The number of ether oxygens (including phenoxy) is 1. The van der Waals surface area contributed by atoms with Crippen LogP contribution in [-0.2, 0) is 29.0 Å². The average Bonchev–Trinajstić information content (AvgIpc) is 2.90. The quantitative estimate of drug-likeness (QED) is 0.336. The fraction of sp³-hybridized carbons (Fsp3) is 0.333. The third-order valence-corrected chi connectivity index (χ3v) is 6.44. The molecule has 36 heavy (non-hydrogen) atoms. The first kappa shape index (κ1) is 27.3. The number of carbonyl (C=O) groups excluding carboxylic acids is 2. The molecule has 0 aromatic heterocycles. The van der Waals surface area contributed by atoms with Crippen molar-refractivity contribution in [2.75, 3.05) is 6.61 Å². The van der Waals surface area contributed by atoms with Crippen LogP contribution in [0.25, 0.3) is 0 Å². The molecule has 2 amide bonds. The van der Waals surface area contributed by atoms with Gasteiger partial charge in [-0.15, -0.1) is 0 Å². The maximum Gasteiger partial charge on any atom is 0.261 e. The molecule has 0 heterocycles. The van der Waals surface area contributed by atoms with Crippen molar-refractivity contribution in [1.29, 1.82) is 0 Å². The van der Waals surface area contributed by atoms with Crippen LogP contribution in [0.2, 0.25) is 5.02 Å². The summed E-state index contributed by atoms with van der Waals surface area (Å²) in [6.45, 7) is 6.13. The summed E-state index contributed by atoms with van der Waals surface area (Å²) in [4.78, 5) is 28.7. The van der Waals surface area contributed by atoms with Gasteiger partial charge in [-0.25, -0.2) is 0 Å². The van der Waals surface area contributed by atoms with E-state index >= 15 is 0 Å². The lowest BCUT2D eigenvalue weighted by molar-refractivity contribution is -0.143. The predicted molar refractivity (Wildman–Crippen MR) is 145 cm³/mol. The number of rotatable bonds is 12. The third-order valence-electron chi connectivity index (χ3n) is 6.21. The van der Waals surface area contributed by atoms with Crippen molar-refractivity contribution in [3.63, 3.8) is 0 Å². The zero-order valence-corrected chi connectivity index (χ0v) is 22.0. The van der Waals surface area contributed by atoms with Crippen LogP contribution in [-0.4, -0.2) is 35.4 Å². The maximum atomic E-state index is 13.6. The molecule has 0 radical (unpaired) electrons. The largest absolute Gasteiger partial charge is 0.484 e. The minimum absolute atomic E-state index is 0.00720. The Morgan fingerprint density at radius 2 is 1.61 bits per heavy atom. The van der Waals surface area contributed by atoms with Crippen LogP contribution < -0.4 is 10.1 Å². The maximum absolute atomic E-state index is 13.6. The molecule has 3 rings (SSSR count). The number of hydrogen-bond donors (Lipinski definition) is 1. The Balaban J connectivity index is 1.89. The number of hydrogen-bond acceptors (Lipinski definition) is 3. The van der Waals surface area contributed by atoms with E-state index in [4.69, 9.17) is 16.3 Å². The van der Waals surface area contributed by atoms with E-state index in [2.05, 4.69) is 12.2 Å². The minimum atomic E-state index is -0.709. The molecule has 190 valence electrons. The van der Waals surface area contributed by atoms with Gasteiger partial charge in [0.25, 0.3) is 5.91 Å². The summed E-state index contributed by atoms with van der Waals surface area (Å²) >= 11 is 6.23. The normalized spacial score (nSPS) is 12.4. The van der Waals surface area contributed by atoms with Gasteiger partial charge in [0.2, 0.25) is 5.91 Å². The highest BCUT2D eigenvalue weighted by molar-refractivity contribution is 6.30. The van der Waals surface area contributed by atoms with Crippen molar-refractivity contribution in [2.24, 2.45) is 0 Å². The Morgan fingerprint density at radius 3 is 2.25 bits per heavy atom. The highest BCUT2D eigenvalue weighted by atomic mass is 35.5. The van der Waals surface area contributed by atoms with E-state index in [0.29, 0.717) is 17.2 Å². The minimum Gasteiger partial charge on any atom is -0.484 e. The van der Waals surface area contributed by atoms with E-state index in [1.54, 1.807) is 11.0 Å². The van der Waals surface area contributed by atoms with E-state index in [9.17, 15) is 9.59 Å². The summed E-state index contributed by atoms with van der Waals surface area (Å²) < 4.78 is 5.84. The molecule has 6 heteroatoms. The second-order valence-electron chi connectivity index (χ2n) is 8.96. The van der Waals surface area contributed by atoms with Gasteiger partial charge in [-0.05, 0) is 60.7 Å². The lowest BCUT2D eigenvalue weighted by Gasteiger charge is -2.32. The Morgan fingerprint density at radius 1 is 0.917 bits per heavy atom. The number of benzene rings is 3. The van der Waals surface area contributed by atoms with Gasteiger partial charge in [0.15, 0.2) is 6.61 Å². The zero-order chi connectivity index (χ0) is 25.9. The van der Waals surface area contributed by atoms with Crippen LogP contribution >= 0.6 is 11.6 Å². The first-order chi connectivity index (χ1) is 17.4. The first-order valence-electron chi connectivity index (χ1n) is 12.5. The monoisotopic (exact) mass is 506 g/mol. The molecule has 0 spiro atoms. The molecule has 1 N–H and O–H groups in total. The lowest BCUT2D eigenvalue weighted by atomic mass is 10.0.